The molecule has 0 aromatic carbocycles. The molecular weight excluding hydrogens is 218 g/mol. The van der Waals surface area contributed by atoms with Crippen LogP contribution in [0.5, 0.6) is 0 Å². The van der Waals surface area contributed by atoms with Gasteiger partial charge in [-0.1, -0.05) is 11.6 Å². The molecule has 0 saturated carbocycles. The van der Waals surface area contributed by atoms with Crippen molar-refractivity contribution in [1.82, 2.24) is 15.8 Å². The second kappa shape index (κ2) is 5.82. The molecule has 1 aromatic heterocycles. The number of nitrogens with zero attached hydrogens (tertiary/aromatic N) is 1. The normalized spacial score (nSPS) is 22.1. The lowest BCUT2D eigenvalue weighted by Crippen LogP contribution is -2.50. The molecule has 2 unspecified atom stereocenters. The van der Waals surface area contributed by atoms with Gasteiger partial charge in [0.2, 0.25) is 5.91 Å². The van der Waals surface area contributed by atoms with Gasteiger partial charge in [-0.2, -0.15) is 0 Å². The summed E-state index contributed by atoms with van der Waals surface area (Å²) in [6, 6.07) is 2.27. The Bertz CT molecular complexity index is 345. The highest BCUT2D eigenvalue weighted by molar-refractivity contribution is 5.78. The minimum atomic E-state index is -0.00114. The Balaban J connectivity index is 1.77. The third-order valence-electron chi connectivity index (χ3n) is 3.17. The molecular formula is C12H19N3O2. The number of nitrogens with one attached hydrogen (secondary N) is 2. The second-order valence-corrected chi connectivity index (χ2v) is 4.58. The van der Waals surface area contributed by atoms with Crippen molar-refractivity contribution >= 4 is 5.91 Å². The first-order chi connectivity index (χ1) is 8.25. The Morgan fingerprint density at radius 2 is 2.59 bits per heavy atom. The van der Waals surface area contributed by atoms with E-state index in [1.54, 1.807) is 6.07 Å². The smallest absolute Gasteiger partial charge is 0.226 e. The average molecular weight is 237 g/mol. The molecule has 1 fully saturated rings. The van der Waals surface area contributed by atoms with Crippen molar-refractivity contribution in [3.63, 3.8) is 0 Å². The lowest BCUT2D eigenvalue weighted by atomic mass is 9.99. The maximum atomic E-state index is 11.7. The Labute approximate surface area is 101 Å². The Hall–Kier alpha value is -1.36. The van der Waals surface area contributed by atoms with Gasteiger partial charge in [-0.3, -0.25) is 4.79 Å². The molecule has 94 valence electrons. The van der Waals surface area contributed by atoms with Crippen LogP contribution >= 0.6 is 0 Å². The summed E-state index contributed by atoms with van der Waals surface area (Å²) in [7, 11) is 0. The van der Waals surface area contributed by atoms with Crippen LogP contribution in [-0.2, 0) is 11.2 Å². The van der Waals surface area contributed by atoms with Crippen LogP contribution in [0.2, 0.25) is 0 Å². The highest BCUT2D eigenvalue weighted by Crippen LogP contribution is 2.10. The fraction of sp³-hybridized carbons (Fsp3) is 0.667. The summed E-state index contributed by atoms with van der Waals surface area (Å²) in [5.74, 6) is -0.00114. The van der Waals surface area contributed by atoms with Gasteiger partial charge >= 0.3 is 0 Å². The molecule has 17 heavy (non-hydrogen) atoms. The summed E-state index contributed by atoms with van der Waals surface area (Å²) in [5, 5.41) is 10.2. The zero-order valence-corrected chi connectivity index (χ0v) is 10.1. The van der Waals surface area contributed by atoms with Crippen molar-refractivity contribution in [1.29, 1.82) is 0 Å². The van der Waals surface area contributed by atoms with E-state index < -0.39 is 0 Å². The second-order valence-electron chi connectivity index (χ2n) is 4.58. The first kappa shape index (κ1) is 12.1. The highest BCUT2D eigenvalue weighted by atomic mass is 16.5. The summed E-state index contributed by atoms with van der Waals surface area (Å²) in [4.78, 5) is 11.7. The van der Waals surface area contributed by atoms with Gasteiger partial charge in [-0.05, 0) is 26.3 Å². The van der Waals surface area contributed by atoms with E-state index in [1.165, 1.54) is 19.1 Å². The van der Waals surface area contributed by atoms with E-state index in [0.29, 0.717) is 11.7 Å². The van der Waals surface area contributed by atoms with Crippen molar-refractivity contribution in [3.8, 4) is 0 Å². The molecule has 2 heterocycles. The van der Waals surface area contributed by atoms with Gasteiger partial charge in [-0.25, -0.2) is 0 Å². The van der Waals surface area contributed by atoms with Crippen LogP contribution in [0.25, 0.3) is 0 Å². The van der Waals surface area contributed by atoms with E-state index in [9.17, 15) is 4.79 Å². The minimum absolute atomic E-state index is 0.00114. The predicted molar refractivity (Wildman–Crippen MR) is 63.5 cm³/mol. The molecule has 0 aliphatic carbocycles. The van der Waals surface area contributed by atoms with E-state index in [-0.39, 0.29) is 18.4 Å². The molecule has 1 aromatic rings. The van der Waals surface area contributed by atoms with Gasteiger partial charge in [-0.15, -0.1) is 0 Å². The van der Waals surface area contributed by atoms with E-state index in [1.807, 2.05) is 6.92 Å². The molecule has 1 amide bonds. The molecule has 5 heteroatoms. The number of hydrogen-bond acceptors (Lipinski definition) is 4. The zero-order valence-electron chi connectivity index (χ0n) is 10.1. The number of piperidine rings is 1. The quantitative estimate of drug-likeness (QED) is 0.815. The molecule has 1 saturated heterocycles. The fourth-order valence-electron chi connectivity index (χ4n) is 2.20. The monoisotopic (exact) mass is 237 g/mol. The van der Waals surface area contributed by atoms with Crippen LogP contribution in [-0.4, -0.2) is 29.7 Å². The molecule has 2 rings (SSSR count). The molecule has 0 bridgehead atoms. The lowest BCUT2D eigenvalue weighted by Gasteiger charge is -2.29. The number of carbonyl (C=O) groups is 1. The van der Waals surface area contributed by atoms with Crippen molar-refractivity contribution in [2.75, 3.05) is 6.54 Å². The van der Waals surface area contributed by atoms with Crippen molar-refractivity contribution in [2.45, 2.75) is 44.7 Å². The van der Waals surface area contributed by atoms with Crippen molar-refractivity contribution in [3.05, 3.63) is 18.0 Å². The van der Waals surface area contributed by atoms with E-state index in [2.05, 4.69) is 15.8 Å². The van der Waals surface area contributed by atoms with Crippen molar-refractivity contribution in [2.24, 2.45) is 0 Å². The number of carbonyl (C=O) groups excluding carboxylic acids is 1. The van der Waals surface area contributed by atoms with Gasteiger partial charge in [0, 0.05) is 18.2 Å². The van der Waals surface area contributed by atoms with Crippen LogP contribution in [0.1, 0.15) is 31.9 Å². The lowest BCUT2D eigenvalue weighted by molar-refractivity contribution is -0.121. The molecule has 5 nitrogen and oxygen atoms in total. The minimum Gasteiger partial charge on any atom is -0.364 e. The SMILES string of the molecule is CC(NC(=O)Cc1ccon1)C1CCCCN1. The van der Waals surface area contributed by atoms with Crippen LogP contribution < -0.4 is 10.6 Å². The Morgan fingerprint density at radius 3 is 3.24 bits per heavy atom. The summed E-state index contributed by atoms with van der Waals surface area (Å²) in [6.07, 6.45) is 5.37. The van der Waals surface area contributed by atoms with Gasteiger partial charge in [0.05, 0.1) is 12.1 Å². The number of aromatic nitrogens is 1. The van der Waals surface area contributed by atoms with E-state index in [0.717, 1.165) is 13.0 Å². The summed E-state index contributed by atoms with van der Waals surface area (Å²) < 4.78 is 4.69. The topological polar surface area (TPSA) is 67.2 Å². The van der Waals surface area contributed by atoms with Gasteiger partial charge in [0.15, 0.2) is 0 Å². The highest BCUT2D eigenvalue weighted by Gasteiger charge is 2.21. The number of amides is 1. The van der Waals surface area contributed by atoms with Gasteiger partial charge in [0.1, 0.15) is 6.26 Å². The average Bonchev–Trinajstić information content (AvgIpc) is 2.82. The first-order valence-corrected chi connectivity index (χ1v) is 6.17. The molecule has 2 atom stereocenters. The van der Waals surface area contributed by atoms with Crippen LogP contribution in [0, 0.1) is 0 Å². The molecule has 2 N–H and O–H groups in total. The number of rotatable bonds is 4. The van der Waals surface area contributed by atoms with Crippen molar-refractivity contribution < 1.29 is 9.32 Å². The summed E-state index contributed by atoms with van der Waals surface area (Å²) >= 11 is 0. The summed E-state index contributed by atoms with van der Waals surface area (Å²) in [6.45, 7) is 3.10. The first-order valence-electron chi connectivity index (χ1n) is 6.17. The molecule has 1 aliphatic heterocycles. The van der Waals surface area contributed by atoms with Gasteiger partial charge < -0.3 is 15.2 Å². The fourth-order valence-corrected chi connectivity index (χ4v) is 2.20. The maximum Gasteiger partial charge on any atom is 0.226 e. The third-order valence-corrected chi connectivity index (χ3v) is 3.17. The van der Waals surface area contributed by atoms with E-state index >= 15 is 0 Å². The molecule has 1 aliphatic rings. The molecule has 0 spiro atoms. The number of hydrogen-bond donors (Lipinski definition) is 2. The van der Waals surface area contributed by atoms with Gasteiger partial charge in [0.25, 0.3) is 0 Å². The maximum absolute atomic E-state index is 11.7. The predicted octanol–water partition coefficient (Wildman–Crippen LogP) is 0.864. The third kappa shape index (κ3) is 3.56. The Morgan fingerprint density at radius 1 is 1.71 bits per heavy atom. The summed E-state index contributed by atoms with van der Waals surface area (Å²) in [5.41, 5.74) is 0.673. The van der Waals surface area contributed by atoms with E-state index in [4.69, 9.17) is 4.52 Å². The molecule has 0 radical (unpaired) electrons. The standard InChI is InChI=1S/C12H19N3O2/c1-9(11-4-2-3-6-13-11)14-12(16)8-10-5-7-17-15-10/h5,7,9,11,13H,2-4,6,8H2,1H3,(H,14,16). The van der Waals surface area contributed by atoms with Crippen LogP contribution in [0.4, 0.5) is 0 Å². The zero-order chi connectivity index (χ0) is 12.1. The Kier molecular flexibility index (Phi) is 4.14. The van der Waals surface area contributed by atoms with Crippen LogP contribution in [0.15, 0.2) is 16.9 Å². The largest absolute Gasteiger partial charge is 0.364 e. The van der Waals surface area contributed by atoms with Crippen LogP contribution in [0.3, 0.4) is 0 Å².